The summed E-state index contributed by atoms with van der Waals surface area (Å²) in [5.41, 5.74) is -1.88. The Hall–Kier alpha value is -3.63. The van der Waals surface area contributed by atoms with Gasteiger partial charge >= 0.3 is 5.69 Å². The van der Waals surface area contributed by atoms with E-state index in [1.807, 2.05) is 0 Å². The molecule has 11 heteroatoms. The molecule has 1 amide bonds. The molecule has 24 heavy (non-hydrogen) atoms. The Kier molecular flexibility index (Phi) is 4.63. The molecule has 10 nitrogen and oxygen atoms in total. The quantitative estimate of drug-likeness (QED) is 0.648. The fourth-order valence-corrected chi connectivity index (χ4v) is 1.84. The van der Waals surface area contributed by atoms with Crippen molar-refractivity contribution in [2.45, 2.75) is 6.54 Å². The van der Waals surface area contributed by atoms with Crippen molar-refractivity contribution in [2.24, 2.45) is 0 Å². The topological polar surface area (TPSA) is 137 Å². The monoisotopic (exact) mass is 336 g/mol. The van der Waals surface area contributed by atoms with Gasteiger partial charge in [-0.2, -0.15) is 4.39 Å². The molecule has 0 aliphatic heterocycles. The smallest absolute Gasteiger partial charge is 0.306 e. The van der Waals surface area contributed by atoms with E-state index in [0.29, 0.717) is 0 Å². The van der Waals surface area contributed by atoms with Crippen LogP contribution in [-0.2, 0) is 11.3 Å². The molecule has 0 spiro atoms. The lowest BCUT2D eigenvalue weighted by atomic mass is 10.2. The zero-order chi connectivity index (χ0) is 17.9. The maximum Gasteiger partial charge on any atom is 0.306 e. The number of nitrogens with zero attached hydrogens (tertiary/aromatic N) is 3. The minimum atomic E-state index is -1.06. The van der Waals surface area contributed by atoms with Crippen LogP contribution in [-0.4, -0.2) is 20.3 Å². The number of hydrogen-bond acceptors (Lipinski definition) is 6. The molecule has 0 fully saturated rings. The molecule has 2 aromatic rings. The number of nitrogens with one attached hydrogen (secondary N) is 1. The van der Waals surface area contributed by atoms with Crippen molar-refractivity contribution < 1.29 is 19.0 Å². The van der Waals surface area contributed by atoms with Crippen LogP contribution in [0.4, 0.5) is 21.5 Å². The van der Waals surface area contributed by atoms with Gasteiger partial charge in [0.25, 0.3) is 11.2 Å². The van der Waals surface area contributed by atoms with Gasteiger partial charge in [-0.15, -0.1) is 0 Å². The van der Waals surface area contributed by atoms with Crippen molar-refractivity contribution in [3.8, 4) is 0 Å². The van der Waals surface area contributed by atoms with Gasteiger partial charge in [0, 0.05) is 23.9 Å². The molecule has 1 heterocycles. The number of aromatic nitrogens is 1. The third-order valence-corrected chi connectivity index (χ3v) is 2.92. The number of carbonyl (C=O) groups excluding carboxylic acids is 1. The molecule has 2 rings (SSSR count). The zero-order valence-electron chi connectivity index (χ0n) is 11.8. The summed E-state index contributed by atoms with van der Waals surface area (Å²) < 4.78 is 14.0. The highest BCUT2D eigenvalue weighted by Crippen LogP contribution is 2.21. The maximum atomic E-state index is 13.2. The van der Waals surface area contributed by atoms with Crippen LogP contribution in [0.1, 0.15) is 0 Å². The fraction of sp³-hybridized carbons (Fsp3) is 0.0769. The Morgan fingerprint density at radius 2 is 1.88 bits per heavy atom. The van der Waals surface area contributed by atoms with Crippen molar-refractivity contribution >= 4 is 23.0 Å². The number of halogens is 1. The molecule has 0 saturated carbocycles. The minimum Gasteiger partial charge on any atom is -0.324 e. The zero-order valence-corrected chi connectivity index (χ0v) is 11.8. The van der Waals surface area contributed by atoms with E-state index in [-0.39, 0.29) is 11.4 Å². The van der Waals surface area contributed by atoms with Crippen LogP contribution in [0.15, 0.2) is 41.3 Å². The van der Waals surface area contributed by atoms with Crippen molar-refractivity contribution in [3.63, 3.8) is 0 Å². The second kappa shape index (κ2) is 6.64. The molecular weight excluding hydrogens is 327 g/mol. The minimum absolute atomic E-state index is 0.0495. The number of anilines is 1. The normalized spacial score (nSPS) is 10.2. The Morgan fingerprint density at radius 3 is 2.50 bits per heavy atom. The second-order valence-corrected chi connectivity index (χ2v) is 4.58. The molecule has 0 atom stereocenters. The number of hydrogen-bond donors (Lipinski definition) is 1. The maximum absolute atomic E-state index is 13.2. The molecule has 0 saturated heterocycles. The number of carbonyl (C=O) groups is 1. The third kappa shape index (κ3) is 3.76. The summed E-state index contributed by atoms with van der Waals surface area (Å²) >= 11 is 0. The van der Waals surface area contributed by atoms with Crippen LogP contribution in [0.3, 0.4) is 0 Å². The van der Waals surface area contributed by atoms with Gasteiger partial charge in [-0.1, -0.05) is 0 Å². The molecule has 124 valence electrons. The van der Waals surface area contributed by atoms with Gasteiger partial charge in [0.1, 0.15) is 6.54 Å². The van der Waals surface area contributed by atoms with E-state index in [1.54, 1.807) is 0 Å². The Bertz CT molecular complexity index is 894. The van der Waals surface area contributed by atoms with Crippen molar-refractivity contribution in [1.29, 1.82) is 0 Å². The molecule has 0 unspecified atom stereocenters. The first-order valence-corrected chi connectivity index (χ1v) is 6.36. The second-order valence-electron chi connectivity index (χ2n) is 4.58. The summed E-state index contributed by atoms with van der Waals surface area (Å²) in [6, 6.07) is 4.68. The Labute approximate surface area is 132 Å². The molecule has 0 aliphatic carbocycles. The number of nitro benzene ring substituents is 1. The van der Waals surface area contributed by atoms with Gasteiger partial charge in [0.05, 0.1) is 16.0 Å². The molecule has 0 radical (unpaired) electrons. The summed E-state index contributed by atoms with van der Waals surface area (Å²) in [4.78, 5) is 43.1. The van der Waals surface area contributed by atoms with Crippen LogP contribution in [0.5, 0.6) is 0 Å². The Morgan fingerprint density at radius 1 is 1.17 bits per heavy atom. The van der Waals surface area contributed by atoms with Gasteiger partial charge < -0.3 is 5.32 Å². The van der Waals surface area contributed by atoms with E-state index in [2.05, 4.69) is 5.32 Å². The molecule has 0 bridgehead atoms. The lowest BCUT2D eigenvalue weighted by Crippen LogP contribution is -2.27. The number of pyridine rings is 1. The predicted molar refractivity (Wildman–Crippen MR) is 79.0 cm³/mol. The number of amides is 1. The van der Waals surface area contributed by atoms with Crippen LogP contribution < -0.4 is 10.9 Å². The molecule has 1 N–H and O–H groups in total. The first-order chi connectivity index (χ1) is 11.3. The lowest BCUT2D eigenvalue weighted by Gasteiger charge is -2.07. The molecule has 1 aromatic carbocycles. The SMILES string of the molecule is O=C(Cn1cc([N+](=O)[O-])ccc1=O)Nc1ccc(F)c([N+](=O)[O-])c1. The van der Waals surface area contributed by atoms with Crippen LogP contribution >= 0.6 is 0 Å². The van der Waals surface area contributed by atoms with E-state index in [4.69, 9.17) is 0 Å². The average molecular weight is 336 g/mol. The largest absolute Gasteiger partial charge is 0.324 e. The van der Waals surface area contributed by atoms with Gasteiger partial charge in [-0.3, -0.25) is 34.4 Å². The van der Waals surface area contributed by atoms with E-state index >= 15 is 0 Å². The summed E-state index contributed by atoms with van der Waals surface area (Å²) in [6.07, 6.45) is 0.898. The summed E-state index contributed by atoms with van der Waals surface area (Å²) in [7, 11) is 0. The van der Waals surface area contributed by atoms with E-state index in [9.17, 15) is 34.2 Å². The first-order valence-electron chi connectivity index (χ1n) is 6.36. The van der Waals surface area contributed by atoms with Gasteiger partial charge in [-0.25, -0.2) is 0 Å². The highest BCUT2D eigenvalue weighted by Gasteiger charge is 2.16. The highest BCUT2D eigenvalue weighted by atomic mass is 19.1. The standard InChI is InChI=1S/C13H9FN4O6/c14-10-3-1-8(5-11(10)18(23)24)15-12(19)7-16-6-9(17(21)22)2-4-13(16)20/h1-6H,7H2,(H,15,19). The summed E-state index contributed by atoms with van der Waals surface area (Å²) in [5, 5.41) is 23.6. The third-order valence-electron chi connectivity index (χ3n) is 2.92. The molecule has 1 aromatic heterocycles. The van der Waals surface area contributed by atoms with Crippen LogP contribution in [0.2, 0.25) is 0 Å². The predicted octanol–water partition coefficient (Wildman–Crippen LogP) is 1.44. The number of nitro groups is 2. The van der Waals surface area contributed by atoms with Crippen molar-refractivity contribution in [2.75, 3.05) is 5.32 Å². The van der Waals surface area contributed by atoms with E-state index < -0.39 is 39.4 Å². The van der Waals surface area contributed by atoms with E-state index in [0.717, 1.165) is 41.1 Å². The Balaban J connectivity index is 2.19. The average Bonchev–Trinajstić information content (AvgIpc) is 2.50. The van der Waals surface area contributed by atoms with E-state index in [1.165, 1.54) is 0 Å². The summed E-state index contributed by atoms with van der Waals surface area (Å²) in [6.45, 7) is -0.550. The summed E-state index contributed by atoms with van der Waals surface area (Å²) in [5.74, 6) is -1.83. The van der Waals surface area contributed by atoms with Crippen LogP contribution in [0.25, 0.3) is 0 Å². The van der Waals surface area contributed by atoms with Crippen molar-refractivity contribution in [3.05, 3.63) is 72.9 Å². The van der Waals surface area contributed by atoms with Crippen molar-refractivity contribution in [1.82, 2.24) is 4.57 Å². The van der Waals surface area contributed by atoms with Gasteiger partial charge in [0.2, 0.25) is 11.7 Å². The number of benzene rings is 1. The first kappa shape index (κ1) is 16.7. The fourth-order valence-electron chi connectivity index (χ4n) is 1.84. The van der Waals surface area contributed by atoms with Gasteiger partial charge in [0.15, 0.2) is 0 Å². The molecular formula is C13H9FN4O6. The number of rotatable bonds is 5. The molecule has 0 aliphatic rings. The lowest BCUT2D eigenvalue weighted by molar-refractivity contribution is -0.387. The van der Waals surface area contributed by atoms with Crippen LogP contribution in [0, 0.1) is 26.0 Å². The van der Waals surface area contributed by atoms with Gasteiger partial charge in [-0.05, 0) is 12.1 Å². The highest BCUT2D eigenvalue weighted by molar-refractivity contribution is 5.90.